The van der Waals surface area contributed by atoms with E-state index in [1.54, 1.807) is 0 Å². The van der Waals surface area contributed by atoms with Crippen LogP contribution in [0.15, 0.2) is 18.2 Å². The molecule has 2 atom stereocenters. The van der Waals surface area contributed by atoms with Crippen LogP contribution >= 0.6 is 0 Å². The van der Waals surface area contributed by atoms with Crippen LogP contribution in [0.1, 0.15) is 62.4 Å². The van der Waals surface area contributed by atoms with E-state index in [1.807, 2.05) is 20.8 Å². The van der Waals surface area contributed by atoms with Crippen LogP contribution in [0.4, 0.5) is 23.7 Å². The van der Waals surface area contributed by atoms with Crippen LogP contribution in [0.3, 0.4) is 0 Å². The molecular weight excluding hydrogens is 479 g/mol. The van der Waals surface area contributed by atoms with Gasteiger partial charge in [-0.05, 0) is 37.5 Å². The topological polar surface area (TPSA) is 123 Å². The highest BCUT2D eigenvalue weighted by Crippen LogP contribution is 2.32. The Kier molecular flexibility index (Phi) is 11.0. The molecule has 9 nitrogen and oxygen atoms in total. The normalized spacial score (nSPS) is 15.5. The van der Waals surface area contributed by atoms with Gasteiger partial charge in [0.05, 0.1) is 35.5 Å². The predicted octanol–water partition coefficient (Wildman–Crippen LogP) is 2.71. The van der Waals surface area contributed by atoms with E-state index in [9.17, 15) is 32.7 Å². The summed E-state index contributed by atoms with van der Waals surface area (Å²) in [4.78, 5) is 39.3. The lowest BCUT2D eigenvalue weighted by Crippen LogP contribution is -2.52. The van der Waals surface area contributed by atoms with Crippen molar-refractivity contribution in [1.29, 1.82) is 0 Å². The maximum atomic E-state index is 13.3. The minimum atomic E-state index is -4.70. The monoisotopic (exact) mass is 515 g/mol. The third-order valence-electron chi connectivity index (χ3n) is 5.78. The molecule has 1 aromatic carbocycles. The number of anilines is 1. The fourth-order valence-corrected chi connectivity index (χ4v) is 3.79. The Morgan fingerprint density at radius 2 is 1.81 bits per heavy atom. The summed E-state index contributed by atoms with van der Waals surface area (Å²) in [6.45, 7) is 6.55. The molecule has 1 saturated heterocycles. The Morgan fingerprint density at radius 3 is 2.39 bits per heavy atom. The average Bonchev–Trinajstić information content (AvgIpc) is 3.35. The fourth-order valence-electron chi connectivity index (χ4n) is 3.79. The van der Waals surface area contributed by atoms with Gasteiger partial charge < -0.3 is 31.3 Å². The number of carbonyl (C=O) groups is 3. The van der Waals surface area contributed by atoms with Gasteiger partial charge in [0.25, 0.3) is 5.91 Å². The van der Waals surface area contributed by atoms with Gasteiger partial charge in [-0.3, -0.25) is 9.59 Å². The lowest BCUT2D eigenvalue weighted by Gasteiger charge is -2.25. The van der Waals surface area contributed by atoms with Gasteiger partial charge in [0.1, 0.15) is 0 Å². The van der Waals surface area contributed by atoms with Crippen molar-refractivity contribution in [3.8, 4) is 0 Å². The van der Waals surface area contributed by atoms with Gasteiger partial charge in [-0.1, -0.05) is 27.2 Å². The Hall–Kier alpha value is -2.86. The van der Waals surface area contributed by atoms with Crippen molar-refractivity contribution in [3.05, 3.63) is 29.3 Å². The molecule has 1 fully saturated rings. The van der Waals surface area contributed by atoms with E-state index < -0.39 is 53.8 Å². The van der Waals surface area contributed by atoms with Gasteiger partial charge in [-0.25, -0.2) is 4.79 Å². The quantitative estimate of drug-likeness (QED) is 0.310. The molecule has 36 heavy (non-hydrogen) atoms. The minimum absolute atomic E-state index is 0.0878. The predicted molar refractivity (Wildman–Crippen MR) is 130 cm³/mol. The summed E-state index contributed by atoms with van der Waals surface area (Å²) in [6, 6.07) is 1.45. The molecule has 0 aromatic heterocycles. The fraction of sp³-hybridized carbons (Fsp3) is 0.625. The van der Waals surface area contributed by atoms with Crippen molar-refractivity contribution in [2.45, 2.75) is 70.8 Å². The number of aliphatic hydroxyl groups is 1. The first-order valence-corrected chi connectivity index (χ1v) is 12.2. The number of alkyl halides is 3. The number of hydrogen-bond acceptors (Lipinski definition) is 5. The summed E-state index contributed by atoms with van der Waals surface area (Å²) < 4.78 is 39.8. The number of urea groups is 1. The Morgan fingerprint density at radius 1 is 1.14 bits per heavy atom. The third-order valence-corrected chi connectivity index (χ3v) is 5.78. The van der Waals surface area contributed by atoms with E-state index in [0.29, 0.717) is 38.5 Å². The molecule has 0 aliphatic carbocycles. The first-order valence-electron chi connectivity index (χ1n) is 12.2. The zero-order valence-corrected chi connectivity index (χ0v) is 20.9. The molecule has 0 bridgehead atoms. The van der Waals surface area contributed by atoms with Crippen LogP contribution in [-0.4, -0.2) is 72.2 Å². The molecule has 0 radical (unpaired) electrons. The molecule has 4 amide bonds. The molecule has 1 aliphatic rings. The summed E-state index contributed by atoms with van der Waals surface area (Å²) in [5.74, 6) is -1.55. The molecule has 1 aliphatic heterocycles. The SMILES string of the molecule is CCC[C@H](O)[C@H](CNC(C)C)NC(=O)CNC(=O)c1cc(C(F)(F)F)ccc1NC(=O)N1CCCC1. The number of halogens is 3. The van der Waals surface area contributed by atoms with Gasteiger partial charge >= 0.3 is 12.2 Å². The average molecular weight is 516 g/mol. The van der Waals surface area contributed by atoms with Crippen molar-refractivity contribution >= 4 is 23.5 Å². The number of likely N-dealkylation sites (tertiary alicyclic amines) is 1. The highest BCUT2D eigenvalue weighted by Gasteiger charge is 2.32. The van der Waals surface area contributed by atoms with Crippen LogP contribution in [0.25, 0.3) is 0 Å². The van der Waals surface area contributed by atoms with Crippen LogP contribution < -0.4 is 21.3 Å². The Bertz CT molecular complexity index is 904. The molecule has 0 spiro atoms. The van der Waals surface area contributed by atoms with E-state index in [-0.39, 0.29) is 11.7 Å². The number of amides is 4. The highest BCUT2D eigenvalue weighted by molar-refractivity contribution is 6.04. The minimum Gasteiger partial charge on any atom is -0.391 e. The zero-order valence-electron chi connectivity index (χ0n) is 20.9. The maximum absolute atomic E-state index is 13.3. The first-order chi connectivity index (χ1) is 16.9. The Balaban J connectivity index is 2.11. The van der Waals surface area contributed by atoms with Crippen LogP contribution in [0, 0.1) is 0 Å². The van der Waals surface area contributed by atoms with Crippen LogP contribution in [0.2, 0.25) is 0 Å². The van der Waals surface area contributed by atoms with Crippen molar-refractivity contribution in [3.63, 3.8) is 0 Å². The van der Waals surface area contributed by atoms with Crippen molar-refractivity contribution in [2.75, 3.05) is 31.5 Å². The molecule has 12 heteroatoms. The molecule has 1 heterocycles. The Labute approximate surface area is 209 Å². The number of hydrogen-bond donors (Lipinski definition) is 5. The van der Waals surface area contributed by atoms with Crippen molar-refractivity contribution < 1.29 is 32.7 Å². The summed E-state index contributed by atoms with van der Waals surface area (Å²) in [6.07, 6.45) is -2.70. The highest BCUT2D eigenvalue weighted by atomic mass is 19.4. The van der Waals surface area contributed by atoms with Crippen LogP contribution in [-0.2, 0) is 11.0 Å². The van der Waals surface area contributed by atoms with Gasteiger partial charge in [-0.2, -0.15) is 13.2 Å². The lowest BCUT2D eigenvalue weighted by molar-refractivity contribution is -0.137. The molecule has 2 rings (SSSR count). The van der Waals surface area contributed by atoms with E-state index in [1.165, 1.54) is 4.90 Å². The number of benzene rings is 1. The van der Waals surface area contributed by atoms with Crippen molar-refractivity contribution in [2.24, 2.45) is 0 Å². The smallest absolute Gasteiger partial charge is 0.391 e. The van der Waals surface area contributed by atoms with Gasteiger partial charge in [0.2, 0.25) is 5.91 Å². The van der Waals surface area contributed by atoms with E-state index in [2.05, 4.69) is 21.3 Å². The standard InChI is InChI=1S/C24H36F3N5O4/c1-4-7-20(33)19(13-28-15(2)3)30-21(34)14-29-22(35)17-12-16(24(25,26)27)8-9-18(17)31-23(36)32-10-5-6-11-32/h8-9,12,15,19-20,28,33H,4-7,10-11,13-14H2,1-3H3,(H,29,35)(H,30,34)(H,31,36)/t19-,20-/m0/s1. The van der Waals surface area contributed by atoms with E-state index >= 15 is 0 Å². The summed E-state index contributed by atoms with van der Waals surface area (Å²) in [5, 5.41) is 21.0. The number of nitrogens with one attached hydrogen (secondary N) is 4. The number of carbonyl (C=O) groups excluding carboxylic acids is 3. The summed E-state index contributed by atoms with van der Waals surface area (Å²) in [7, 11) is 0. The molecule has 5 N–H and O–H groups in total. The van der Waals surface area contributed by atoms with E-state index in [4.69, 9.17) is 0 Å². The second kappa shape index (κ2) is 13.4. The third kappa shape index (κ3) is 8.98. The van der Waals surface area contributed by atoms with Crippen LogP contribution in [0.5, 0.6) is 0 Å². The largest absolute Gasteiger partial charge is 0.416 e. The number of rotatable bonds is 11. The first kappa shape index (κ1) is 29.4. The second-order valence-electron chi connectivity index (χ2n) is 9.16. The maximum Gasteiger partial charge on any atom is 0.416 e. The van der Waals surface area contributed by atoms with Gasteiger partial charge in [-0.15, -0.1) is 0 Å². The summed E-state index contributed by atoms with van der Waals surface area (Å²) >= 11 is 0. The molecule has 0 unspecified atom stereocenters. The number of nitrogens with zero attached hydrogens (tertiary/aromatic N) is 1. The zero-order chi connectivity index (χ0) is 26.9. The lowest BCUT2D eigenvalue weighted by atomic mass is 10.1. The second-order valence-corrected chi connectivity index (χ2v) is 9.16. The molecule has 0 saturated carbocycles. The van der Waals surface area contributed by atoms with Gasteiger partial charge in [0.15, 0.2) is 0 Å². The van der Waals surface area contributed by atoms with Gasteiger partial charge in [0, 0.05) is 25.7 Å². The molecule has 1 aromatic rings. The van der Waals surface area contributed by atoms with Crippen molar-refractivity contribution in [1.82, 2.24) is 20.9 Å². The molecular formula is C24H36F3N5O4. The summed E-state index contributed by atoms with van der Waals surface area (Å²) in [5.41, 5.74) is -1.55. The molecule has 202 valence electrons. The van der Waals surface area contributed by atoms with E-state index in [0.717, 1.165) is 25.0 Å². The number of aliphatic hydroxyl groups excluding tert-OH is 1.